The zero-order valence-corrected chi connectivity index (χ0v) is 17.7. The van der Waals surface area contributed by atoms with Crippen molar-refractivity contribution in [1.82, 2.24) is 10.2 Å². The molecule has 1 saturated heterocycles. The van der Waals surface area contributed by atoms with Crippen LogP contribution in [0.1, 0.15) is 50.3 Å². The van der Waals surface area contributed by atoms with E-state index in [1.165, 1.54) is 16.7 Å². The molecule has 27 heavy (non-hydrogen) atoms. The number of aryl methyl sites for hydroxylation is 2. The number of hydrogen-bond donors (Lipinski definition) is 2. The minimum atomic E-state index is -0.735. The van der Waals surface area contributed by atoms with E-state index in [0.717, 1.165) is 5.69 Å². The van der Waals surface area contributed by atoms with Crippen LogP contribution < -0.4 is 10.6 Å². The molecule has 2 amide bonds. The Morgan fingerprint density at radius 1 is 1.07 bits per heavy atom. The van der Waals surface area contributed by atoms with Crippen LogP contribution in [-0.2, 0) is 9.53 Å². The molecule has 1 aliphatic heterocycles. The van der Waals surface area contributed by atoms with E-state index < -0.39 is 11.1 Å². The second kappa shape index (κ2) is 7.79. The Kier molecular flexibility index (Phi) is 6.07. The molecule has 150 valence electrons. The highest BCUT2D eigenvalue weighted by molar-refractivity contribution is 5.89. The van der Waals surface area contributed by atoms with E-state index in [9.17, 15) is 9.59 Å². The van der Waals surface area contributed by atoms with Gasteiger partial charge in [0, 0.05) is 25.8 Å². The van der Waals surface area contributed by atoms with Gasteiger partial charge in [-0.05, 0) is 83.2 Å². The first-order chi connectivity index (χ1) is 12.5. The van der Waals surface area contributed by atoms with Crippen LogP contribution in [0.5, 0.6) is 0 Å². The highest BCUT2D eigenvalue weighted by Crippen LogP contribution is 2.30. The summed E-state index contributed by atoms with van der Waals surface area (Å²) >= 11 is 0. The molecule has 0 saturated carbocycles. The molecule has 0 bridgehead atoms. The van der Waals surface area contributed by atoms with Gasteiger partial charge in [-0.1, -0.05) is 0 Å². The van der Waals surface area contributed by atoms with Crippen LogP contribution in [0.4, 0.5) is 10.5 Å². The summed E-state index contributed by atoms with van der Waals surface area (Å²) in [5, 5.41) is 6.25. The molecule has 2 rings (SSSR count). The van der Waals surface area contributed by atoms with Crippen LogP contribution in [0.3, 0.4) is 0 Å². The molecule has 6 heteroatoms. The Hall–Kier alpha value is -2.24. The third-order valence-corrected chi connectivity index (χ3v) is 5.24. The molecule has 0 unspecified atom stereocenters. The first kappa shape index (κ1) is 21.1. The van der Waals surface area contributed by atoms with Crippen molar-refractivity contribution < 1.29 is 14.3 Å². The van der Waals surface area contributed by atoms with Gasteiger partial charge >= 0.3 is 6.09 Å². The predicted molar refractivity (Wildman–Crippen MR) is 108 cm³/mol. The summed E-state index contributed by atoms with van der Waals surface area (Å²) in [5.74, 6) is -0.0535. The molecule has 0 aromatic heterocycles. The lowest BCUT2D eigenvalue weighted by Crippen LogP contribution is -2.58. The van der Waals surface area contributed by atoms with Crippen LogP contribution >= 0.6 is 0 Å². The summed E-state index contributed by atoms with van der Waals surface area (Å²) in [6.07, 6.45) is 0.727. The van der Waals surface area contributed by atoms with Gasteiger partial charge in [0.05, 0.1) is 0 Å². The number of rotatable bonds is 3. The van der Waals surface area contributed by atoms with Crippen LogP contribution in [0, 0.1) is 20.8 Å². The number of carbonyl (C=O) groups is 2. The Morgan fingerprint density at radius 3 is 2.04 bits per heavy atom. The lowest BCUT2D eigenvalue weighted by molar-refractivity contribution is -0.126. The highest BCUT2D eigenvalue weighted by atomic mass is 16.6. The molecule has 1 heterocycles. The standard InChI is InChI=1S/C21H33N3O3/c1-14-12-17(13-15(2)16(14)3)23-21(18(25)22-7)8-10-24(11-9-21)19(26)27-20(4,5)6/h12-13,23H,8-11H2,1-7H3,(H,22,25). The van der Waals surface area contributed by atoms with Crippen molar-refractivity contribution in [3.05, 3.63) is 28.8 Å². The van der Waals surface area contributed by atoms with E-state index in [4.69, 9.17) is 4.74 Å². The molecule has 0 aliphatic carbocycles. The summed E-state index contributed by atoms with van der Waals surface area (Å²) in [5.41, 5.74) is 3.31. The minimum absolute atomic E-state index is 0.0535. The molecule has 1 aliphatic rings. The number of benzene rings is 1. The van der Waals surface area contributed by atoms with Gasteiger partial charge in [-0.25, -0.2) is 4.79 Å². The van der Waals surface area contributed by atoms with Crippen molar-refractivity contribution in [3.63, 3.8) is 0 Å². The fraction of sp³-hybridized carbons (Fsp3) is 0.619. The van der Waals surface area contributed by atoms with E-state index in [0.29, 0.717) is 25.9 Å². The van der Waals surface area contributed by atoms with E-state index in [2.05, 4.69) is 43.5 Å². The number of anilines is 1. The number of piperidine rings is 1. The minimum Gasteiger partial charge on any atom is -0.444 e. The van der Waals surface area contributed by atoms with Crippen molar-refractivity contribution >= 4 is 17.7 Å². The second-order valence-electron chi connectivity index (χ2n) is 8.49. The second-order valence-corrected chi connectivity index (χ2v) is 8.49. The molecule has 6 nitrogen and oxygen atoms in total. The zero-order chi connectivity index (χ0) is 20.4. The smallest absolute Gasteiger partial charge is 0.410 e. The molecule has 1 aromatic rings. The maximum Gasteiger partial charge on any atom is 0.410 e. The molecule has 1 fully saturated rings. The van der Waals surface area contributed by atoms with E-state index in [-0.39, 0.29) is 12.0 Å². The molecule has 2 N–H and O–H groups in total. The van der Waals surface area contributed by atoms with Gasteiger partial charge in [-0.15, -0.1) is 0 Å². The number of likely N-dealkylation sites (tertiary alicyclic amines) is 1. The van der Waals surface area contributed by atoms with Crippen LogP contribution in [-0.4, -0.2) is 48.2 Å². The van der Waals surface area contributed by atoms with E-state index >= 15 is 0 Å². The first-order valence-corrected chi connectivity index (χ1v) is 9.53. The number of amides is 2. The van der Waals surface area contributed by atoms with Crippen LogP contribution in [0.25, 0.3) is 0 Å². The molecule has 0 radical (unpaired) electrons. The first-order valence-electron chi connectivity index (χ1n) is 9.53. The summed E-state index contributed by atoms with van der Waals surface area (Å²) in [6, 6.07) is 4.15. The van der Waals surface area contributed by atoms with Crippen LogP contribution in [0.2, 0.25) is 0 Å². The van der Waals surface area contributed by atoms with E-state index in [1.807, 2.05) is 20.8 Å². The number of carbonyl (C=O) groups excluding carboxylic acids is 2. The number of nitrogens with one attached hydrogen (secondary N) is 2. The topological polar surface area (TPSA) is 70.7 Å². The van der Waals surface area contributed by atoms with Gasteiger partial charge in [0.1, 0.15) is 11.1 Å². The molecular weight excluding hydrogens is 342 g/mol. The van der Waals surface area contributed by atoms with Gasteiger partial charge in [-0.2, -0.15) is 0 Å². The Morgan fingerprint density at radius 2 is 1.59 bits per heavy atom. The maximum atomic E-state index is 12.7. The van der Waals surface area contributed by atoms with Crippen molar-refractivity contribution in [2.75, 3.05) is 25.5 Å². The fourth-order valence-corrected chi connectivity index (χ4v) is 3.43. The molecule has 1 aromatic carbocycles. The number of hydrogen-bond acceptors (Lipinski definition) is 4. The predicted octanol–water partition coefficient (Wildman–Crippen LogP) is 3.54. The van der Waals surface area contributed by atoms with Crippen molar-refractivity contribution in [2.45, 2.75) is 65.5 Å². The van der Waals surface area contributed by atoms with Crippen molar-refractivity contribution in [2.24, 2.45) is 0 Å². The zero-order valence-electron chi connectivity index (χ0n) is 17.7. The average molecular weight is 376 g/mol. The average Bonchev–Trinajstić information content (AvgIpc) is 2.57. The van der Waals surface area contributed by atoms with Gasteiger partial charge in [0.2, 0.25) is 5.91 Å². The third kappa shape index (κ3) is 4.93. The Bertz CT molecular complexity index is 691. The van der Waals surface area contributed by atoms with E-state index in [1.54, 1.807) is 11.9 Å². The summed E-state index contributed by atoms with van der Waals surface area (Å²) in [7, 11) is 1.65. The fourth-order valence-electron chi connectivity index (χ4n) is 3.43. The Balaban J connectivity index is 2.18. The summed E-state index contributed by atoms with van der Waals surface area (Å²) in [4.78, 5) is 26.7. The monoisotopic (exact) mass is 375 g/mol. The van der Waals surface area contributed by atoms with Crippen molar-refractivity contribution in [3.8, 4) is 0 Å². The van der Waals surface area contributed by atoms with Gasteiger partial charge in [0.15, 0.2) is 0 Å². The van der Waals surface area contributed by atoms with Gasteiger partial charge in [0.25, 0.3) is 0 Å². The normalized spacial score (nSPS) is 16.6. The Labute approximate surface area is 162 Å². The highest BCUT2D eigenvalue weighted by Gasteiger charge is 2.42. The molecule has 0 spiro atoms. The molecule has 0 atom stereocenters. The number of ether oxygens (including phenoxy) is 1. The largest absolute Gasteiger partial charge is 0.444 e. The maximum absolute atomic E-state index is 12.7. The lowest BCUT2D eigenvalue weighted by atomic mass is 9.85. The number of nitrogens with zero attached hydrogens (tertiary/aromatic N) is 1. The van der Waals surface area contributed by atoms with Crippen molar-refractivity contribution in [1.29, 1.82) is 0 Å². The lowest BCUT2D eigenvalue weighted by Gasteiger charge is -2.41. The third-order valence-electron chi connectivity index (χ3n) is 5.24. The SMILES string of the molecule is CNC(=O)C1(Nc2cc(C)c(C)c(C)c2)CCN(C(=O)OC(C)(C)C)CC1. The number of likely N-dealkylation sites (N-methyl/N-ethyl adjacent to an activating group) is 1. The van der Waals surface area contributed by atoms with Gasteiger partial charge < -0.3 is 20.3 Å². The molecular formula is C21H33N3O3. The van der Waals surface area contributed by atoms with Gasteiger partial charge in [-0.3, -0.25) is 4.79 Å². The van der Waals surface area contributed by atoms with Crippen LogP contribution in [0.15, 0.2) is 12.1 Å². The summed E-state index contributed by atoms with van der Waals surface area (Å²) in [6.45, 7) is 12.8. The summed E-state index contributed by atoms with van der Waals surface area (Å²) < 4.78 is 5.46. The quantitative estimate of drug-likeness (QED) is 0.848.